The molecule has 59 heavy (non-hydrogen) atoms. The normalized spacial score (nSPS) is 11.4. The molecule has 3 heteroatoms. The Kier molecular flexibility index (Phi) is 8.49. The highest BCUT2D eigenvalue weighted by atomic mass is 15.1. The molecule has 0 N–H and O–H groups in total. The lowest BCUT2D eigenvalue weighted by Gasteiger charge is -2.27. The molecular weight excluding hydrogens is 715 g/mol. The van der Waals surface area contributed by atoms with Crippen molar-refractivity contribution in [2.24, 2.45) is 0 Å². The molecule has 0 fully saturated rings. The van der Waals surface area contributed by atoms with Gasteiger partial charge in [0, 0.05) is 50.3 Å². The van der Waals surface area contributed by atoms with Crippen molar-refractivity contribution in [3.8, 4) is 27.9 Å². The molecule has 0 unspecified atom stereocenters. The topological polar surface area (TPSA) is 11.4 Å². The van der Waals surface area contributed by atoms with Crippen LogP contribution in [0.2, 0.25) is 0 Å². The number of nitrogens with zero attached hydrogens (tertiary/aromatic N) is 3. The molecule has 0 atom stereocenters. The first-order chi connectivity index (χ1) is 29.3. The first-order valence-electron chi connectivity index (χ1n) is 20.2. The van der Waals surface area contributed by atoms with E-state index in [2.05, 4.69) is 251 Å². The Morgan fingerprint density at radius 3 is 1.19 bits per heavy atom. The van der Waals surface area contributed by atoms with Gasteiger partial charge in [0.2, 0.25) is 0 Å². The van der Waals surface area contributed by atoms with Crippen LogP contribution in [0.4, 0.5) is 34.1 Å². The van der Waals surface area contributed by atoms with E-state index >= 15 is 0 Å². The zero-order valence-corrected chi connectivity index (χ0v) is 32.4. The van der Waals surface area contributed by atoms with Gasteiger partial charge in [0.05, 0.1) is 16.7 Å². The summed E-state index contributed by atoms with van der Waals surface area (Å²) >= 11 is 0. The first kappa shape index (κ1) is 34.4. The second-order valence-electron chi connectivity index (χ2n) is 15.0. The summed E-state index contributed by atoms with van der Waals surface area (Å²) in [6, 6.07) is 85.1. The van der Waals surface area contributed by atoms with E-state index in [4.69, 9.17) is 0 Å². The van der Waals surface area contributed by atoms with Gasteiger partial charge in [-0.2, -0.15) is 0 Å². The third-order valence-corrected chi connectivity index (χ3v) is 11.5. The SMILES string of the molecule is c1ccc(N(c2ccccc2)c2ccc(-c3ccc(-c4ccc5c6c4ccc4c(N(c7ccccc7)c7ccccc7)ccc(c46)n5-c4ccccc4)cc3)cc2)cc1. The van der Waals surface area contributed by atoms with E-state index in [1.54, 1.807) is 0 Å². The molecular formula is C56H39N3. The molecule has 0 aliphatic heterocycles. The minimum atomic E-state index is 1.12. The van der Waals surface area contributed by atoms with Crippen molar-refractivity contribution in [2.45, 2.75) is 0 Å². The predicted octanol–water partition coefficient (Wildman–Crippen LogP) is 15.6. The number of aromatic nitrogens is 1. The lowest BCUT2D eigenvalue weighted by atomic mass is 9.93. The predicted molar refractivity (Wildman–Crippen MR) is 250 cm³/mol. The van der Waals surface area contributed by atoms with Crippen LogP contribution < -0.4 is 9.80 Å². The van der Waals surface area contributed by atoms with Gasteiger partial charge in [-0.1, -0.05) is 146 Å². The molecule has 0 spiro atoms. The van der Waals surface area contributed by atoms with Crippen LogP contribution in [-0.2, 0) is 0 Å². The third kappa shape index (κ3) is 6.00. The van der Waals surface area contributed by atoms with Crippen molar-refractivity contribution in [3.05, 3.63) is 237 Å². The Morgan fingerprint density at radius 2 is 0.661 bits per heavy atom. The summed E-state index contributed by atoms with van der Waals surface area (Å²) in [4.78, 5) is 4.68. The molecule has 0 radical (unpaired) electrons. The zero-order valence-electron chi connectivity index (χ0n) is 32.4. The van der Waals surface area contributed by atoms with Crippen LogP contribution in [-0.4, -0.2) is 4.57 Å². The minimum absolute atomic E-state index is 1.12. The molecule has 0 saturated carbocycles. The number of hydrogen-bond acceptors (Lipinski definition) is 2. The van der Waals surface area contributed by atoms with Crippen molar-refractivity contribution in [3.63, 3.8) is 0 Å². The van der Waals surface area contributed by atoms with E-state index in [1.165, 1.54) is 54.8 Å². The van der Waals surface area contributed by atoms with Crippen LogP contribution in [0, 0.1) is 0 Å². The van der Waals surface area contributed by atoms with E-state index < -0.39 is 0 Å². The standard InChI is InChI=1S/C56H39N3/c1-6-16-43(17-7-1)57(44-18-8-2-9-19-44)48-32-30-41(31-33-48)40-26-28-42(29-27-40)49-36-37-53-55-50(49)34-35-51-52(38-39-54(56(51)55)59(53)47-24-14-5-15-25-47)58(45-20-10-3-11-21-45)46-22-12-4-13-23-46/h1-39H. The van der Waals surface area contributed by atoms with Crippen LogP contribution in [0.3, 0.4) is 0 Å². The van der Waals surface area contributed by atoms with Gasteiger partial charge < -0.3 is 14.4 Å². The maximum atomic E-state index is 2.43. The quantitative estimate of drug-likeness (QED) is 0.136. The van der Waals surface area contributed by atoms with Crippen LogP contribution in [0.25, 0.3) is 60.5 Å². The van der Waals surface area contributed by atoms with E-state index in [0.717, 1.165) is 39.8 Å². The lowest BCUT2D eigenvalue weighted by Crippen LogP contribution is -2.10. The Balaban J connectivity index is 1.02. The second kappa shape index (κ2) is 14.6. The smallest absolute Gasteiger partial charge is 0.0548 e. The first-order valence-corrected chi connectivity index (χ1v) is 20.2. The number of benzene rings is 10. The Morgan fingerprint density at radius 1 is 0.271 bits per heavy atom. The minimum Gasteiger partial charge on any atom is -0.311 e. The lowest BCUT2D eigenvalue weighted by molar-refractivity contribution is 1.18. The largest absolute Gasteiger partial charge is 0.311 e. The summed E-state index contributed by atoms with van der Waals surface area (Å²) in [7, 11) is 0. The molecule has 11 rings (SSSR count). The molecule has 0 aliphatic rings. The van der Waals surface area contributed by atoms with Crippen molar-refractivity contribution >= 4 is 66.7 Å². The average Bonchev–Trinajstić information content (AvgIpc) is 3.66. The van der Waals surface area contributed by atoms with E-state index in [0.29, 0.717) is 0 Å². The molecule has 1 aromatic heterocycles. The summed E-state index contributed by atoms with van der Waals surface area (Å²) in [5.74, 6) is 0. The van der Waals surface area contributed by atoms with Crippen molar-refractivity contribution in [1.29, 1.82) is 0 Å². The fraction of sp³-hybridized carbons (Fsp3) is 0. The second-order valence-corrected chi connectivity index (χ2v) is 15.0. The fourth-order valence-electron chi connectivity index (χ4n) is 8.87. The Labute approximate surface area is 344 Å². The van der Waals surface area contributed by atoms with Gasteiger partial charge in [0.15, 0.2) is 0 Å². The molecule has 278 valence electrons. The van der Waals surface area contributed by atoms with Gasteiger partial charge in [-0.15, -0.1) is 0 Å². The van der Waals surface area contributed by atoms with Crippen molar-refractivity contribution in [1.82, 2.24) is 4.57 Å². The maximum Gasteiger partial charge on any atom is 0.0548 e. The Hall–Kier alpha value is -7.88. The molecule has 11 aromatic rings. The van der Waals surface area contributed by atoms with Gasteiger partial charge in [0.1, 0.15) is 0 Å². The summed E-state index contributed by atoms with van der Waals surface area (Å²) in [6.07, 6.45) is 0. The Bertz CT molecular complexity index is 3080. The highest BCUT2D eigenvalue weighted by molar-refractivity contribution is 6.29. The van der Waals surface area contributed by atoms with E-state index in [1.807, 2.05) is 0 Å². The van der Waals surface area contributed by atoms with E-state index in [9.17, 15) is 0 Å². The molecule has 0 aliphatic carbocycles. The number of para-hydroxylation sites is 5. The number of anilines is 6. The monoisotopic (exact) mass is 753 g/mol. The van der Waals surface area contributed by atoms with Gasteiger partial charge >= 0.3 is 0 Å². The molecule has 0 amide bonds. The van der Waals surface area contributed by atoms with Crippen molar-refractivity contribution < 1.29 is 0 Å². The highest BCUT2D eigenvalue weighted by Crippen LogP contribution is 2.47. The number of hydrogen-bond donors (Lipinski definition) is 0. The fourth-order valence-corrected chi connectivity index (χ4v) is 8.87. The maximum absolute atomic E-state index is 2.43. The van der Waals surface area contributed by atoms with Crippen LogP contribution >= 0.6 is 0 Å². The molecule has 3 nitrogen and oxygen atoms in total. The van der Waals surface area contributed by atoms with Crippen molar-refractivity contribution in [2.75, 3.05) is 9.80 Å². The number of rotatable bonds is 9. The highest BCUT2D eigenvalue weighted by Gasteiger charge is 2.23. The summed E-state index contributed by atoms with van der Waals surface area (Å²) in [6.45, 7) is 0. The van der Waals surface area contributed by atoms with Gasteiger partial charge in [-0.25, -0.2) is 0 Å². The third-order valence-electron chi connectivity index (χ3n) is 11.5. The van der Waals surface area contributed by atoms with Crippen LogP contribution in [0.1, 0.15) is 0 Å². The van der Waals surface area contributed by atoms with Crippen LogP contribution in [0.15, 0.2) is 237 Å². The average molecular weight is 754 g/mol. The molecule has 1 heterocycles. The zero-order chi connectivity index (χ0) is 39.1. The van der Waals surface area contributed by atoms with E-state index in [-0.39, 0.29) is 0 Å². The summed E-state index contributed by atoms with van der Waals surface area (Å²) < 4.78 is 2.43. The molecule has 0 saturated heterocycles. The van der Waals surface area contributed by atoms with Gasteiger partial charge in [-0.05, 0) is 119 Å². The summed E-state index contributed by atoms with van der Waals surface area (Å²) in [5.41, 5.74) is 15.1. The molecule has 0 bridgehead atoms. The summed E-state index contributed by atoms with van der Waals surface area (Å²) in [5, 5.41) is 5.02. The van der Waals surface area contributed by atoms with Gasteiger partial charge in [-0.3, -0.25) is 0 Å². The molecule has 10 aromatic carbocycles. The van der Waals surface area contributed by atoms with Crippen LogP contribution in [0.5, 0.6) is 0 Å². The van der Waals surface area contributed by atoms with Gasteiger partial charge in [0.25, 0.3) is 0 Å².